The van der Waals surface area contributed by atoms with Gasteiger partial charge in [0.2, 0.25) is 0 Å². The normalized spacial score (nSPS) is 22.0. The Morgan fingerprint density at radius 1 is 0.966 bits per heavy atom. The van der Waals surface area contributed by atoms with Gasteiger partial charge in [0.05, 0.1) is 5.56 Å². The summed E-state index contributed by atoms with van der Waals surface area (Å²) in [5.41, 5.74) is 0.335. The van der Waals surface area contributed by atoms with Crippen molar-refractivity contribution in [2.24, 2.45) is 0 Å². The van der Waals surface area contributed by atoms with Crippen LogP contribution in [0.25, 0.3) is 12.2 Å². The number of carboxylic acids is 2. The summed E-state index contributed by atoms with van der Waals surface area (Å²) in [7, 11) is 1.32. The Kier molecular flexibility index (Phi) is 5.75. The van der Waals surface area contributed by atoms with E-state index in [2.05, 4.69) is 0 Å². The fourth-order valence-electron chi connectivity index (χ4n) is 3.41. The van der Waals surface area contributed by atoms with E-state index in [0.29, 0.717) is 5.56 Å². The highest BCUT2D eigenvalue weighted by atomic mass is 16.5. The summed E-state index contributed by atoms with van der Waals surface area (Å²) in [6.07, 6.45) is 3.31. The summed E-state index contributed by atoms with van der Waals surface area (Å²) in [5.74, 6) is -2.41. The SMILES string of the molecule is COC1(C(=O)O)CCC(=O)C(=Cc2ccc(C(=O)O)cc2)C1=Cc1ccccc1. The molecule has 6 nitrogen and oxygen atoms in total. The predicted octanol–water partition coefficient (Wildman–Crippen LogP) is 3.68. The molecule has 1 aliphatic carbocycles. The first-order valence-electron chi connectivity index (χ1n) is 9.02. The van der Waals surface area contributed by atoms with Crippen molar-refractivity contribution in [3.05, 3.63) is 82.4 Å². The van der Waals surface area contributed by atoms with Crippen LogP contribution in [0.5, 0.6) is 0 Å². The molecule has 3 rings (SSSR count). The fourth-order valence-corrected chi connectivity index (χ4v) is 3.41. The molecule has 0 amide bonds. The van der Waals surface area contributed by atoms with E-state index in [1.165, 1.54) is 19.2 Å². The van der Waals surface area contributed by atoms with Crippen LogP contribution in [0.2, 0.25) is 0 Å². The summed E-state index contributed by atoms with van der Waals surface area (Å²) in [4.78, 5) is 36.0. The van der Waals surface area contributed by atoms with E-state index < -0.39 is 17.5 Å². The van der Waals surface area contributed by atoms with Gasteiger partial charge in [-0.15, -0.1) is 0 Å². The molecular formula is C23H20O6. The number of rotatable bonds is 5. The van der Waals surface area contributed by atoms with E-state index in [9.17, 15) is 19.5 Å². The van der Waals surface area contributed by atoms with Crippen molar-refractivity contribution in [2.75, 3.05) is 7.11 Å². The quantitative estimate of drug-likeness (QED) is 0.753. The Balaban J connectivity index is 2.17. The number of benzene rings is 2. The van der Waals surface area contributed by atoms with Crippen molar-refractivity contribution in [3.8, 4) is 0 Å². The van der Waals surface area contributed by atoms with Crippen molar-refractivity contribution in [2.45, 2.75) is 18.4 Å². The molecule has 0 aromatic heterocycles. The number of ether oxygens (including phenoxy) is 1. The molecule has 0 heterocycles. The Bertz CT molecular complexity index is 1000. The van der Waals surface area contributed by atoms with Crippen LogP contribution in [0.15, 0.2) is 65.7 Å². The van der Waals surface area contributed by atoms with Crippen molar-refractivity contribution in [3.63, 3.8) is 0 Å². The number of aliphatic carboxylic acids is 1. The van der Waals surface area contributed by atoms with Crippen LogP contribution >= 0.6 is 0 Å². The molecule has 0 bridgehead atoms. The molecule has 6 heteroatoms. The lowest BCUT2D eigenvalue weighted by atomic mass is 9.74. The maximum atomic E-state index is 12.7. The lowest BCUT2D eigenvalue weighted by molar-refractivity contribution is -0.159. The minimum atomic E-state index is -1.64. The third-order valence-electron chi connectivity index (χ3n) is 5.00. The zero-order valence-corrected chi connectivity index (χ0v) is 15.8. The second-order valence-electron chi connectivity index (χ2n) is 6.71. The molecule has 0 aliphatic heterocycles. The molecule has 148 valence electrons. The van der Waals surface area contributed by atoms with E-state index >= 15 is 0 Å². The van der Waals surface area contributed by atoms with E-state index in [-0.39, 0.29) is 35.3 Å². The molecule has 0 spiro atoms. The molecule has 1 atom stereocenters. The number of aromatic carboxylic acids is 1. The largest absolute Gasteiger partial charge is 0.479 e. The van der Waals surface area contributed by atoms with E-state index in [4.69, 9.17) is 9.84 Å². The van der Waals surface area contributed by atoms with Crippen molar-refractivity contribution in [1.82, 2.24) is 0 Å². The molecule has 1 fully saturated rings. The number of carbonyl (C=O) groups is 3. The predicted molar refractivity (Wildman–Crippen MR) is 107 cm³/mol. The molecule has 29 heavy (non-hydrogen) atoms. The molecule has 0 saturated heterocycles. The zero-order valence-electron chi connectivity index (χ0n) is 15.8. The maximum absolute atomic E-state index is 12.7. The summed E-state index contributed by atoms with van der Waals surface area (Å²) >= 11 is 0. The second-order valence-corrected chi connectivity index (χ2v) is 6.71. The minimum absolute atomic E-state index is 0.0330. The Labute approximate surface area is 167 Å². The van der Waals surface area contributed by atoms with E-state index in [1.807, 2.05) is 30.3 Å². The van der Waals surface area contributed by atoms with Crippen LogP contribution in [-0.2, 0) is 14.3 Å². The van der Waals surface area contributed by atoms with Gasteiger partial charge in [-0.1, -0.05) is 42.5 Å². The van der Waals surface area contributed by atoms with Gasteiger partial charge in [0.25, 0.3) is 0 Å². The first-order valence-corrected chi connectivity index (χ1v) is 9.02. The third kappa shape index (κ3) is 4.02. The maximum Gasteiger partial charge on any atom is 0.340 e. The molecule has 1 unspecified atom stereocenters. The van der Waals surface area contributed by atoms with Gasteiger partial charge in [-0.25, -0.2) is 9.59 Å². The van der Waals surface area contributed by atoms with Crippen molar-refractivity contribution < 1.29 is 29.3 Å². The third-order valence-corrected chi connectivity index (χ3v) is 5.00. The van der Waals surface area contributed by atoms with Gasteiger partial charge in [0.1, 0.15) is 0 Å². The Morgan fingerprint density at radius 2 is 1.59 bits per heavy atom. The second kappa shape index (κ2) is 8.24. The van der Waals surface area contributed by atoms with Gasteiger partial charge in [-0.3, -0.25) is 4.79 Å². The number of hydrogen-bond acceptors (Lipinski definition) is 4. The Morgan fingerprint density at radius 3 is 2.14 bits per heavy atom. The van der Waals surface area contributed by atoms with Crippen LogP contribution in [0.3, 0.4) is 0 Å². The van der Waals surface area contributed by atoms with Crippen LogP contribution in [0, 0.1) is 0 Å². The van der Waals surface area contributed by atoms with Gasteiger partial charge in [0.15, 0.2) is 11.4 Å². The lowest BCUT2D eigenvalue weighted by Gasteiger charge is -2.35. The highest BCUT2D eigenvalue weighted by Gasteiger charge is 2.48. The lowest BCUT2D eigenvalue weighted by Crippen LogP contribution is -2.47. The van der Waals surface area contributed by atoms with Crippen LogP contribution in [-0.4, -0.2) is 40.6 Å². The smallest absolute Gasteiger partial charge is 0.340 e. The number of hydrogen-bond donors (Lipinski definition) is 2. The molecule has 2 N–H and O–H groups in total. The van der Waals surface area contributed by atoms with Gasteiger partial charge in [0, 0.05) is 24.7 Å². The number of methoxy groups -OCH3 is 1. The van der Waals surface area contributed by atoms with Crippen molar-refractivity contribution in [1.29, 1.82) is 0 Å². The summed E-state index contributed by atoms with van der Waals surface area (Å²) in [5, 5.41) is 19.0. The molecule has 1 saturated carbocycles. The first kappa shape index (κ1) is 20.2. The van der Waals surface area contributed by atoms with E-state index in [0.717, 1.165) is 5.56 Å². The first-order chi connectivity index (χ1) is 13.9. The highest BCUT2D eigenvalue weighted by Crippen LogP contribution is 2.40. The zero-order chi connectivity index (χ0) is 21.0. The summed E-state index contributed by atoms with van der Waals surface area (Å²) < 4.78 is 5.45. The topological polar surface area (TPSA) is 101 Å². The highest BCUT2D eigenvalue weighted by molar-refractivity contribution is 6.10. The average Bonchev–Trinajstić information content (AvgIpc) is 2.72. The Hall–Kier alpha value is -3.51. The molecule has 0 radical (unpaired) electrons. The molecule has 1 aliphatic rings. The molecular weight excluding hydrogens is 372 g/mol. The minimum Gasteiger partial charge on any atom is -0.479 e. The van der Waals surface area contributed by atoms with E-state index in [1.54, 1.807) is 24.3 Å². The number of carboxylic acid groups (broad SMARTS) is 2. The fraction of sp³-hybridized carbons (Fsp3) is 0.174. The van der Waals surface area contributed by atoms with Crippen molar-refractivity contribution >= 4 is 29.9 Å². The van der Waals surface area contributed by atoms with Gasteiger partial charge in [-0.2, -0.15) is 0 Å². The summed E-state index contributed by atoms with van der Waals surface area (Å²) in [6.45, 7) is 0. The van der Waals surface area contributed by atoms with Crippen LogP contribution < -0.4 is 0 Å². The molecule has 2 aromatic rings. The van der Waals surface area contributed by atoms with Gasteiger partial charge in [-0.05, 0) is 41.8 Å². The number of Topliss-reactive ketones (excluding diaryl/α,β-unsaturated/α-hetero) is 1. The van der Waals surface area contributed by atoms with Gasteiger partial charge >= 0.3 is 11.9 Å². The van der Waals surface area contributed by atoms with Gasteiger partial charge < -0.3 is 14.9 Å². The number of ketones is 1. The monoisotopic (exact) mass is 392 g/mol. The van der Waals surface area contributed by atoms with Crippen LogP contribution in [0.4, 0.5) is 0 Å². The van der Waals surface area contributed by atoms with Crippen LogP contribution in [0.1, 0.15) is 34.3 Å². The average molecular weight is 392 g/mol. The molecule has 2 aromatic carbocycles. The standard InChI is InChI=1S/C23H20O6/c1-29-23(22(27)28)12-11-20(24)18(19(23)14-15-5-3-2-4-6-15)13-16-7-9-17(10-8-16)21(25)26/h2-10,13-14H,11-12H2,1H3,(H,25,26)(H,27,28). The number of carbonyl (C=O) groups excluding carboxylic acids is 1. The summed E-state index contributed by atoms with van der Waals surface area (Å²) in [6, 6.07) is 15.1.